The summed E-state index contributed by atoms with van der Waals surface area (Å²) in [5.41, 5.74) is 1.77. The molecule has 0 saturated carbocycles. The van der Waals surface area contributed by atoms with E-state index < -0.39 is 0 Å². The van der Waals surface area contributed by atoms with Crippen LogP contribution in [0.4, 0.5) is 0 Å². The van der Waals surface area contributed by atoms with Crippen LogP contribution in [0.1, 0.15) is 22.9 Å². The molecule has 2 N–H and O–H groups in total. The van der Waals surface area contributed by atoms with Crippen LogP contribution in [0.2, 0.25) is 0 Å². The van der Waals surface area contributed by atoms with Gasteiger partial charge < -0.3 is 10.6 Å². The van der Waals surface area contributed by atoms with Gasteiger partial charge in [0.2, 0.25) is 0 Å². The van der Waals surface area contributed by atoms with Crippen molar-refractivity contribution < 1.29 is 0 Å². The monoisotopic (exact) mass is 440 g/mol. The van der Waals surface area contributed by atoms with Crippen LogP contribution in [0.3, 0.4) is 0 Å². The summed E-state index contributed by atoms with van der Waals surface area (Å²) in [5.74, 6) is 0.823. The van der Waals surface area contributed by atoms with Gasteiger partial charge in [-0.1, -0.05) is 18.2 Å². The SMILES string of the molecule is CCNC(=NCc1ccc(C#N)cc1)NCCc1cccs1.I. The number of nitrogens with one attached hydrogen (secondary N) is 2. The van der Waals surface area contributed by atoms with Crippen molar-refractivity contribution in [1.29, 1.82) is 5.26 Å². The predicted octanol–water partition coefficient (Wildman–Crippen LogP) is 3.54. The van der Waals surface area contributed by atoms with Gasteiger partial charge in [-0.25, -0.2) is 4.99 Å². The first kappa shape index (κ1) is 19.5. The molecule has 2 aromatic rings. The fraction of sp³-hybridized carbons (Fsp3) is 0.294. The Bertz CT molecular complexity index is 630. The first-order valence-electron chi connectivity index (χ1n) is 7.35. The largest absolute Gasteiger partial charge is 0.357 e. The summed E-state index contributed by atoms with van der Waals surface area (Å²) < 4.78 is 0. The van der Waals surface area contributed by atoms with E-state index in [-0.39, 0.29) is 24.0 Å². The van der Waals surface area contributed by atoms with Crippen LogP contribution < -0.4 is 10.6 Å². The molecule has 0 atom stereocenters. The number of guanidine groups is 1. The second-order valence-corrected chi connectivity index (χ2v) is 5.79. The number of rotatable bonds is 6. The lowest BCUT2D eigenvalue weighted by Gasteiger charge is -2.10. The van der Waals surface area contributed by atoms with E-state index in [9.17, 15) is 0 Å². The van der Waals surface area contributed by atoms with Crippen LogP contribution in [-0.2, 0) is 13.0 Å². The average Bonchev–Trinajstić information content (AvgIpc) is 3.06. The van der Waals surface area contributed by atoms with Gasteiger partial charge in [0.05, 0.1) is 18.2 Å². The van der Waals surface area contributed by atoms with Crippen LogP contribution in [0, 0.1) is 11.3 Å². The third-order valence-electron chi connectivity index (χ3n) is 3.09. The van der Waals surface area contributed by atoms with Crippen molar-refractivity contribution in [2.45, 2.75) is 19.9 Å². The van der Waals surface area contributed by atoms with E-state index in [1.807, 2.05) is 24.3 Å². The number of halogens is 1. The standard InChI is InChI=1S/C17H20N4S.HI/c1-2-19-17(20-10-9-16-4-3-11-22-16)21-13-15-7-5-14(12-18)6-8-15;/h3-8,11H,2,9-10,13H2,1H3,(H2,19,20,21);1H. The highest BCUT2D eigenvalue weighted by atomic mass is 127. The number of aliphatic imine (C=N–C) groups is 1. The summed E-state index contributed by atoms with van der Waals surface area (Å²) in [6.07, 6.45) is 0.999. The molecule has 0 bridgehead atoms. The van der Waals surface area contributed by atoms with E-state index in [0.717, 1.165) is 31.0 Å². The molecule has 23 heavy (non-hydrogen) atoms. The molecule has 2 rings (SSSR count). The molecule has 4 nitrogen and oxygen atoms in total. The molecule has 0 unspecified atom stereocenters. The predicted molar refractivity (Wildman–Crippen MR) is 107 cm³/mol. The van der Waals surface area contributed by atoms with E-state index >= 15 is 0 Å². The molecule has 0 spiro atoms. The third kappa shape index (κ3) is 7.01. The van der Waals surface area contributed by atoms with Gasteiger partial charge in [0.25, 0.3) is 0 Å². The highest BCUT2D eigenvalue weighted by molar-refractivity contribution is 14.0. The molecule has 0 amide bonds. The molecule has 0 fully saturated rings. The quantitative estimate of drug-likeness (QED) is 0.411. The molecule has 1 heterocycles. The Balaban J connectivity index is 0.00000264. The van der Waals surface area contributed by atoms with Gasteiger partial charge in [-0.3, -0.25) is 0 Å². The third-order valence-corrected chi connectivity index (χ3v) is 4.03. The Kier molecular flexibility index (Phi) is 9.33. The maximum atomic E-state index is 8.80. The van der Waals surface area contributed by atoms with Crippen LogP contribution in [-0.4, -0.2) is 19.0 Å². The van der Waals surface area contributed by atoms with Crippen molar-refractivity contribution in [1.82, 2.24) is 10.6 Å². The molecule has 0 saturated heterocycles. The fourth-order valence-electron chi connectivity index (χ4n) is 1.96. The Morgan fingerprint density at radius 2 is 2.00 bits per heavy atom. The molecule has 6 heteroatoms. The molecule has 0 aliphatic rings. The smallest absolute Gasteiger partial charge is 0.191 e. The Labute approximate surface area is 158 Å². The molecular weight excluding hydrogens is 419 g/mol. The van der Waals surface area contributed by atoms with Crippen LogP contribution in [0.5, 0.6) is 0 Å². The summed E-state index contributed by atoms with van der Waals surface area (Å²) in [4.78, 5) is 5.94. The lowest BCUT2D eigenvalue weighted by atomic mass is 10.1. The van der Waals surface area contributed by atoms with Crippen LogP contribution in [0.15, 0.2) is 46.8 Å². The van der Waals surface area contributed by atoms with Crippen molar-refractivity contribution >= 4 is 41.3 Å². The van der Waals surface area contributed by atoms with Gasteiger partial charge in [0.1, 0.15) is 0 Å². The minimum atomic E-state index is 0. The minimum absolute atomic E-state index is 0. The van der Waals surface area contributed by atoms with E-state index in [2.05, 4.69) is 46.1 Å². The van der Waals surface area contributed by atoms with Crippen molar-refractivity contribution in [3.05, 3.63) is 57.8 Å². The normalized spacial score (nSPS) is 10.5. The van der Waals surface area contributed by atoms with E-state index in [1.165, 1.54) is 4.88 Å². The first-order valence-corrected chi connectivity index (χ1v) is 8.23. The number of thiophene rings is 1. The number of nitriles is 1. The number of nitrogens with zero attached hydrogens (tertiary/aromatic N) is 2. The van der Waals surface area contributed by atoms with Crippen molar-refractivity contribution in [3.63, 3.8) is 0 Å². The van der Waals surface area contributed by atoms with Crippen molar-refractivity contribution in [2.75, 3.05) is 13.1 Å². The molecule has 0 radical (unpaired) electrons. The lowest BCUT2D eigenvalue weighted by molar-refractivity contribution is 0.804. The minimum Gasteiger partial charge on any atom is -0.357 e. The van der Waals surface area contributed by atoms with E-state index in [1.54, 1.807) is 11.3 Å². The summed E-state index contributed by atoms with van der Waals surface area (Å²) in [7, 11) is 0. The van der Waals surface area contributed by atoms with Crippen molar-refractivity contribution in [2.24, 2.45) is 4.99 Å². The highest BCUT2D eigenvalue weighted by Gasteiger charge is 1.99. The zero-order valence-electron chi connectivity index (χ0n) is 13.1. The molecule has 0 aliphatic heterocycles. The number of hydrogen-bond acceptors (Lipinski definition) is 3. The Hall–Kier alpha value is -1.59. The molecule has 1 aromatic carbocycles. The van der Waals surface area contributed by atoms with Crippen LogP contribution >= 0.6 is 35.3 Å². The number of benzene rings is 1. The maximum absolute atomic E-state index is 8.80. The molecule has 1 aromatic heterocycles. The highest BCUT2D eigenvalue weighted by Crippen LogP contribution is 2.08. The van der Waals surface area contributed by atoms with Gasteiger partial charge in [0, 0.05) is 18.0 Å². The average molecular weight is 440 g/mol. The summed E-state index contributed by atoms with van der Waals surface area (Å²) in [5, 5.41) is 17.5. The van der Waals surface area contributed by atoms with E-state index in [4.69, 9.17) is 5.26 Å². The van der Waals surface area contributed by atoms with Crippen molar-refractivity contribution in [3.8, 4) is 6.07 Å². The summed E-state index contributed by atoms with van der Waals surface area (Å²) in [6.45, 7) is 4.34. The topological polar surface area (TPSA) is 60.2 Å². The van der Waals surface area contributed by atoms with Gasteiger partial charge >= 0.3 is 0 Å². The number of hydrogen-bond donors (Lipinski definition) is 2. The van der Waals surface area contributed by atoms with Gasteiger partial charge in [-0.2, -0.15) is 5.26 Å². The molecular formula is C17H21IN4S. The summed E-state index contributed by atoms with van der Waals surface area (Å²) >= 11 is 1.77. The van der Waals surface area contributed by atoms with Gasteiger partial charge in [-0.15, -0.1) is 35.3 Å². The molecule has 122 valence electrons. The molecule has 0 aliphatic carbocycles. The summed E-state index contributed by atoms with van der Waals surface area (Å²) in [6, 6.07) is 13.9. The van der Waals surface area contributed by atoms with E-state index in [0.29, 0.717) is 12.1 Å². The van der Waals surface area contributed by atoms with Crippen LogP contribution in [0.25, 0.3) is 0 Å². The Morgan fingerprint density at radius 1 is 1.22 bits per heavy atom. The maximum Gasteiger partial charge on any atom is 0.191 e. The van der Waals surface area contributed by atoms with Gasteiger partial charge in [0.15, 0.2) is 5.96 Å². The first-order chi connectivity index (χ1) is 10.8. The second kappa shape index (κ2) is 11.0. The lowest BCUT2D eigenvalue weighted by Crippen LogP contribution is -2.38. The second-order valence-electron chi connectivity index (χ2n) is 4.76. The Morgan fingerprint density at radius 3 is 2.61 bits per heavy atom. The van der Waals surface area contributed by atoms with Gasteiger partial charge in [-0.05, 0) is 42.5 Å². The zero-order chi connectivity index (χ0) is 15.6. The zero-order valence-corrected chi connectivity index (χ0v) is 16.2. The fourth-order valence-corrected chi connectivity index (χ4v) is 2.66.